The Kier molecular flexibility index (Phi) is 7.19. The first-order valence-corrected chi connectivity index (χ1v) is 13.3. The number of piperazine rings is 1. The minimum Gasteiger partial charge on any atom is -0.341 e. The minimum atomic E-state index is 0.0981. The number of carbonyl (C=O) groups excluding carboxylic acids is 1. The Hall–Kier alpha value is -3.06. The van der Waals surface area contributed by atoms with Crippen molar-refractivity contribution in [2.45, 2.75) is 53.0 Å². The zero-order valence-electron chi connectivity index (χ0n) is 22.1. The molecule has 0 unspecified atom stereocenters. The van der Waals surface area contributed by atoms with Crippen LogP contribution >= 0.6 is 0 Å². The number of aryl methyl sites for hydroxylation is 2. The van der Waals surface area contributed by atoms with E-state index >= 15 is 0 Å². The molecule has 7 heteroatoms. The quantitative estimate of drug-likeness (QED) is 0.535. The number of aromatic nitrogens is 3. The summed E-state index contributed by atoms with van der Waals surface area (Å²) in [6.07, 6.45) is 3.58. The summed E-state index contributed by atoms with van der Waals surface area (Å²) in [6.45, 7) is 14.5. The lowest BCUT2D eigenvalue weighted by Gasteiger charge is -2.38. The molecule has 2 saturated heterocycles. The monoisotopic (exact) mass is 486 g/mol. The van der Waals surface area contributed by atoms with Gasteiger partial charge in [0.15, 0.2) is 0 Å². The predicted molar refractivity (Wildman–Crippen MR) is 144 cm³/mol. The van der Waals surface area contributed by atoms with Crippen LogP contribution in [0.4, 0.5) is 5.95 Å². The van der Waals surface area contributed by atoms with Gasteiger partial charge in [-0.25, -0.2) is 9.97 Å². The molecule has 4 heterocycles. The molecule has 1 aromatic carbocycles. The molecule has 5 rings (SSSR count). The lowest BCUT2D eigenvalue weighted by Crippen LogP contribution is -2.51. The van der Waals surface area contributed by atoms with Gasteiger partial charge in [0.05, 0.1) is 16.9 Å². The zero-order chi connectivity index (χ0) is 25.2. The van der Waals surface area contributed by atoms with Gasteiger partial charge in [0.2, 0.25) is 11.9 Å². The van der Waals surface area contributed by atoms with Gasteiger partial charge >= 0.3 is 0 Å². The number of amides is 1. The fourth-order valence-corrected chi connectivity index (χ4v) is 5.39. The number of nitrogens with zero attached hydrogens (tertiary/aromatic N) is 6. The van der Waals surface area contributed by atoms with E-state index in [4.69, 9.17) is 9.97 Å². The molecular formula is C29H38N6O. The van der Waals surface area contributed by atoms with Gasteiger partial charge in [-0.2, -0.15) is 0 Å². The van der Waals surface area contributed by atoms with E-state index in [9.17, 15) is 4.79 Å². The van der Waals surface area contributed by atoms with Crippen molar-refractivity contribution >= 4 is 22.8 Å². The molecule has 2 fully saturated rings. The lowest BCUT2D eigenvalue weighted by atomic mass is 9.95. The maximum Gasteiger partial charge on any atom is 0.226 e. The van der Waals surface area contributed by atoms with Crippen LogP contribution < -0.4 is 4.90 Å². The minimum absolute atomic E-state index is 0.0981. The summed E-state index contributed by atoms with van der Waals surface area (Å²) < 4.78 is 0. The SMILES string of the molecule is Cc1cccnc1CN1CCN(C(=O)C2CCN(c3nc(C)c4cc(C(C)C)ccc4n3)CC2)CC1. The van der Waals surface area contributed by atoms with Crippen molar-refractivity contribution in [3.63, 3.8) is 0 Å². The van der Waals surface area contributed by atoms with Crippen molar-refractivity contribution in [2.24, 2.45) is 5.92 Å². The molecule has 0 bridgehead atoms. The summed E-state index contributed by atoms with van der Waals surface area (Å²) in [5.41, 5.74) is 5.70. The second-order valence-corrected chi connectivity index (χ2v) is 10.7. The Balaban J connectivity index is 1.15. The molecule has 0 saturated carbocycles. The molecule has 3 aromatic rings. The van der Waals surface area contributed by atoms with E-state index < -0.39 is 0 Å². The van der Waals surface area contributed by atoms with E-state index in [0.717, 1.165) is 86.9 Å². The van der Waals surface area contributed by atoms with Crippen LogP contribution in [0.3, 0.4) is 0 Å². The highest BCUT2D eigenvalue weighted by Crippen LogP contribution is 2.27. The Morgan fingerprint density at radius 3 is 2.44 bits per heavy atom. The number of hydrogen-bond acceptors (Lipinski definition) is 6. The summed E-state index contributed by atoms with van der Waals surface area (Å²) >= 11 is 0. The maximum absolute atomic E-state index is 13.3. The van der Waals surface area contributed by atoms with Crippen molar-refractivity contribution in [3.05, 3.63) is 59.0 Å². The van der Waals surface area contributed by atoms with Crippen LogP contribution in [0, 0.1) is 19.8 Å². The third kappa shape index (κ3) is 5.21. The average molecular weight is 487 g/mol. The van der Waals surface area contributed by atoms with E-state index in [1.165, 1.54) is 11.1 Å². The van der Waals surface area contributed by atoms with E-state index in [-0.39, 0.29) is 5.92 Å². The molecule has 1 amide bonds. The van der Waals surface area contributed by atoms with Crippen LogP contribution in [0.25, 0.3) is 10.9 Å². The van der Waals surface area contributed by atoms with E-state index in [0.29, 0.717) is 11.8 Å². The first-order chi connectivity index (χ1) is 17.4. The Morgan fingerprint density at radius 1 is 1.00 bits per heavy atom. The number of anilines is 1. The van der Waals surface area contributed by atoms with E-state index in [2.05, 4.69) is 71.6 Å². The number of fused-ring (bicyclic) bond motifs is 1. The van der Waals surface area contributed by atoms with Gasteiger partial charge in [-0.1, -0.05) is 26.0 Å². The number of carbonyl (C=O) groups is 1. The Morgan fingerprint density at radius 2 is 1.75 bits per heavy atom. The second kappa shape index (κ2) is 10.5. The number of rotatable bonds is 5. The second-order valence-electron chi connectivity index (χ2n) is 10.7. The molecule has 0 atom stereocenters. The summed E-state index contributed by atoms with van der Waals surface area (Å²) in [5.74, 6) is 1.70. The molecule has 0 aliphatic carbocycles. The first kappa shape index (κ1) is 24.6. The van der Waals surface area contributed by atoms with Crippen molar-refractivity contribution in [1.29, 1.82) is 0 Å². The number of piperidine rings is 1. The molecule has 0 N–H and O–H groups in total. The fraction of sp³-hybridized carbons (Fsp3) is 0.517. The van der Waals surface area contributed by atoms with Gasteiger partial charge in [-0.3, -0.25) is 14.7 Å². The Bertz CT molecular complexity index is 1230. The van der Waals surface area contributed by atoms with Crippen LogP contribution in [0.1, 0.15) is 55.1 Å². The van der Waals surface area contributed by atoms with Crippen LogP contribution in [-0.4, -0.2) is 69.9 Å². The fourth-order valence-electron chi connectivity index (χ4n) is 5.39. The highest BCUT2D eigenvalue weighted by Gasteiger charge is 2.31. The first-order valence-electron chi connectivity index (χ1n) is 13.3. The van der Waals surface area contributed by atoms with Crippen molar-refractivity contribution in [1.82, 2.24) is 24.8 Å². The topological polar surface area (TPSA) is 65.5 Å². The van der Waals surface area contributed by atoms with E-state index in [1.54, 1.807) is 0 Å². The Labute approximate surface area is 214 Å². The summed E-state index contributed by atoms with van der Waals surface area (Å²) in [6, 6.07) is 10.6. The normalized spacial score (nSPS) is 17.8. The lowest BCUT2D eigenvalue weighted by molar-refractivity contribution is -0.138. The molecule has 7 nitrogen and oxygen atoms in total. The van der Waals surface area contributed by atoms with Crippen molar-refractivity contribution in [2.75, 3.05) is 44.2 Å². The van der Waals surface area contributed by atoms with Gasteiger partial charge < -0.3 is 9.80 Å². The highest BCUT2D eigenvalue weighted by molar-refractivity contribution is 5.83. The van der Waals surface area contributed by atoms with Crippen LogP contribution in [-0.2, 0) is 11.3 Å². The predicted octanol–water partition coefficient (Wildman–Crippen LogP) is 4.33. The molecule has 2 aliphatic heterocycles. The largest absolute Gasteiger partial charge is 0.341 e. The molecular weight excluding hydrogens is 448 g/mol. The van der Waals surface area contributed by atoms with Gasteiger partial charge in [0.1, 0.15) is 0 Å². The average Bonchev–Trinajstić information content (AvgIpc) is 2.90. The summed E-state index contributed by atoms with van der Waals surface area (Å²) in [5, 5.41) is 1.13. The third-order valence-electron chi connectivity index (χ3n) is 7.87. The third-order valence-corrected chi connectivity index (χ3v) is 7.87. The molecule has 0 radical (unpaired) electrons. The van der Waals surface area contributed by atoms with Gasteiger partial charge in [0, 0.05) is 63.3 Å². The van der Waals surface area contributed by atoms with Crippen molar-refractivity contribution < 1.29 is 4.79 Å². The summed E-state index contributed by atoms with van der Waals surface area (Å²) in [4.78, 5) is 34.3. The molecule has 190 valence electrons. The molecule has 0 spiro atoms. The van der Waals surface area contributed by atoms with Crippen LogP contribution in [0.5, 0.6) is 0 Å². The maximum atomic E-state index is 13.3. The number of pyridine rings is 1. The van der Waals surface area contributed by atoms with Crippen molar-refractivity contribution in [3.8, 4) is 0 Å². The molecule has 2 aromatic heterocycles. The smallest absolute Gasteiger partial charge is 0.226 e. The number of hydrogen-bond donors (Lipinski definition) is 0. The van der Waals surface area contributed by atoms with Crippen LogP contribution in [0.15, 0.2) is 36.5 Å². The number of benzene rings is 1. The van der Waals surface area contributed by atoms with Gasteiger partial charge in [-0.05, 0) is 61.9 Å². The molecule has 36 heavy (non-hydrogen) atoms. The van der Waals surface area contributed by atoms with Gasteiger partial charge in [0.25, 0.3) is 0 Å². The summed E-state index contributed by atoms with van der Waals surface area (Å²) in [7, 11) is 0. The molecule has 2 aliphatic rings. The highest BCUT2D eigenvalue weighted by atomic mass is 16.2. The standard InChI is InChI=1S/C29H38N6O/c1-20(2)24-7-8-26-25(18-24)22(4)31-29(32-26)35-12-9-23(10-13-35)28(36)34-16-14-33(15-17-34)19-27-21(3)6-5-11-30-27/h5-8,11,18,20,23H,9-10,12-17,19H2,1-4H3. The van der Waals surface area contributed by atoms with Crippen LogP contribution in [0.2, 0.25) is 0 Å². The zero-order valence-corrected chi connectivity index (χ0v) is 22.1. The van der Waals surface area contributed by atoms with E-state index in [1.807, 2.05) is 12.3 Å². The van der Waals surface area contributed by atoms with Gasteiger partial charge in [-0.15, -0.1) is 0 Å².